The molecule has 0 radical (unpaired) electrons. The van der Waals surface area contributed by atoms with Crippen molar-refractivity contribution in [2.24, 2.45) is 0 Å². The number of hydrogen-bond acceptors (Lipinski definition) is 2. The zero-order valence-electron chi connectivity index (χ0n) is 12.4. The van der Waals surface area contributed by atoms with Gasteiger partial charge >= 0.3 is 0 Å². The molecule has 0 aromatic heterocycles. The molecule has 20 heavy (non-hydrogen) atoms. The third-order valence-electron chi connectivity index (χ3n) is 4.71. The van der Waals surface area contributed by atoms with E-state index < -0.39 is 0 Å². The molecule has 1 heterocycles. The van der Waals surface area contributed by atoms with Gasteiger partial charge in [0.15, 0.2) is 0 Å². The number of rotatable bonds is 1. The Morgan fingerprint density at radius 1 is 1.30 bits per heavy atom. The SMILES string of the molecule is CC1CN(C(=O)C2CCCc3ccccc32)C(C)CN1. The molecule has 1 aliphatic carbocycles. The Kier molecular flexibility index (Phi) is 3.79. The van der Waals surface area contributed by atoms with Crippen LogP contribution in [0.3, 0.4) is 0 Å². The van der Waals surface area contributed by atoms with Crippen LogP contribution >= 0.6 is 0 Å². The molecule has 1 aromatic rings. The van der Waals surface area contributed by atoms with Crippen molar-refractivity contribution in [1.82, 2.24) is 10.2 Å². The van der Waals surface area contributed by atoms with Gasteiger partial charge in [-0.3, -0.25) is 4.79 Å². The first-order valence-corrected chi connectivity index (χ1v) is 7.78. The molecule has 0 saturated carbocycles. The highest BCUT2D eigenvalue weighted by atomic mass is 16.2. The molecule has 3 atom stereocenters. The summed E-state index contributed by atoms with van der Waals surface area (Å²) in [6.45, 7) is 6.03. The lowest BCUT2D eigenvalue weighted by atomic mass is 9.81. The molecule has 1 saturated heterocycles. The minimum atomic E-state index is 0.0766. The van der Waals surface area contributed by atoms with Crippen LogP contribution in [0.2, 0.25) is 0 Å². The van der Waals surface area contributed by atoms with Crippen molar-refractivity contribution < 1.29 is 4.79 Å². The topological polar surface area (TPSA) is 32.3 Å². The van der Waals surface area contributed by atoms with Gasteiger partial charge in [-0.1, -0.05) is 24.3 Å². The maximum absolute atomic E-state index is 13.0. The first-order valence-electron chi connectivity index (χ1n) is 7.78. The number of carbonyl (C=O) groups is 1. The van der Waals surface area contributed by atoms with Crippen LogP contribution in [0.25, 0.3) is 0 Å². The van der Waals surface area contributed by atoms with Gasteiger partial charge in [-0.25, -0.2) is 0 Å². The number of carbonyl (C=O) groups excluding carboxylic acids is 1. The van der Waals surface area contributed by atoms with Gasteiger partial charge in [-0.05, 0) is 44.2 Å². The van der Waals surface area contributed by atoms with E-state index in [0.717, 1.165) is 32.4 Å². The summed E-state index contributed by atoms with van der Waals surface area (Å²) in [5.41, 5.74) is 2.63. The second kappa shape index (κ2) is 5.57. The quantitative estimate of drug-likeness (QED) is 0.851. The van der Waals surface area contributed by atoms with Crippen LogP contribution in [0.1, 0.15) is 43.7 Å². The number of hydrogen-bond donors (Lipinski definition) is 1. The van der Waals surface area contributed by atoms with Crippen molar-refractivity contribution in [3.63, 3.8) is 0 Å². The normalized spacial score (nSPS) is 29.9. The fraction of sp³-hybridized carbons (Fsp3) is 0.588. The molecule has 1 N–H and O–H groups in total. The average molecular weight is 272 g/mol. The Bertz CT molecular complexity index is 500. The molecule has 3 nitrogen and oxygen atoms in total. The Hall–Kier alpha value is -1.35. The monoisotopic (exact) mass is 272 g/mol. The number of fused-ring (bicyclic) bond motifs is 1. The van der Waals surface area contributed by atoms with Crippen molar-refractivity contribution in [2.45, 2.75) is 51.1 Å². The van der Waals surface area contributed by atoms with Gasteiger partial charge in [-0.2, -0.15) is 0 Å². The number of aryl methyl sites for hydroxylation is 1. The van der Waals surface area contributed by atoms with Crippen molar-refractivity contribution in [3.8, 4) is 0 Å². The van der Waals surface area contributed by atoms with Crippen LogP contribution in [0.4, 0.5) is 0 Å². The Morgan fingerprint density at radius 2 is 2.10 bits per heavy atom. The molecule has 3 heteroatoms. The smallest absolute Gasteiger partial charge is 0.230 e. The van der Waals surface area contributed by atoms with E-state index in [4.69, 9.17) is 0 Å². The van der Waals surface area contributed by atoms with Crippen molar-refractivity contribution >= 4 is 5.91 Å². The lowest BCUT2D eigenvalue weighted by Gasteiger charge is -2.40. The molecule has 2 aliphatic rings. The zero-order chi connectivity index (χ0) is 14.1. The van der Waals surface area contributed by atoms with Crippen molar-refractivity contribution in [3.05, 3.63) is 35.4 Å². The van der Waals surface area contributed by atoms with E-state index in [9.17, 15) is 4.79 Å². The third-order valence-corrected chi connectivity index (χ3v) is 4.71. The summed E-state index contributed by atoms with van der Waals surface area (Å²) < 4.78 is 0. The fourth-order valence-corrected chi connectivity index (χ4v) is 3.54. The number of nitrogens with one attached hydrogen (secondary N) is 1. The molecule has 1 amide bonds. The number of amides is 1. The molecule has 1 aromatic carbocycles. The highest BCUT2D eigenvalue weighted by molar-refractivity contribution is 5.85. The van der Waals surface area contributed by atoms with E-state index in [-0.39, 0.29) is 5.92 Å². The van der Waals surface area contributed by atoms with Crippen LogP contribution in [0, 0.1) is 0 Å². The summed E-state index contributed by atoms with van der Waals surface area (Å²) in [5, 5.41) is 3.44. The summed E-state index contributed by atoms with van der Waals surface area (Å²) in [6.07, 6.45) is 3.25. The van der Waals surface area contributed by atoms with Gasteiger partial charge < -0.3 is 10.2 Å². The summed E-state index contributed by atoms with van der Waals surface area (Å²) in [4.78, 5) is 15.1. The molecular weight excluding hydrogens is 248 g/mol. The molecule has 0 bridgehead atoms. The molecule has 3 rings (SSSR count). The number of benzene rings is 1. The summed E-state index contributed by atoms with van der Waals surface area (Å²) in [5.74, 6) is 0.408. The van der Waals surface area contributed by atoms with Gasteiger partial charge in [-0.15, -0.1) is 0 Å². The maximum Gasteiger partial charge on any atom is 0.230 e. The molecule has 3 unspecified atom stereocenters. The van der Waals surface area contributed by atoms with Gasteiger partial charge in [0.25, 0.3) is 0 Å². The second-order valence-electron chi connectivity index (χ2n) is 6.29. The van der Waals surface area contributed by atoms with E-state index in [1.807, 2.05) is 0 Å². The molecule has 1 fully saturated rings. The van der Waals surface area contributed by atoms with Gasteiger partial charge in [0.1, 0.15) is 0 Å². The Morgan fingerprint density at radius 3 is 2.95 bits per heavy atom. The van der Waals surface area contributed by atoms with Crippen LogP contribution in [-0.4, -0.2) is 36.0 Å². The highest BCUT2D eigenvalue weighted by Crippen LogP contribution is 2.33. The molecule has 108 valence electrons. The molecule has 1 aliphatic heterocycles. The van der Waals surface area contributed by atoms with E-state index in [0.29, 0.717) is 18.0 Å². The van der Waals surface area contributed by atoms with E-state index in [2.05, 4.69) is 48.3 Å². The van der Waals surface area contributed by atoms with Crippen LogP contribution in [-0.2, 0) is 11.2 Å². The second-order valence-corrected chi connectivity index (χ2v) is 6.29. The lowest BCUT2D eigenvalue weighted by molar-refractivity contribution is -0.136. The standard InChI is InChI=1S/C17H24N2O/c1-12-11-19(13(2)10-18-12)17(20)16-9-5-7-14-6-3-4-8-15(14)16/h3-4,6,8,12-13,16,18H,5,7,9-11H2,1-2H3. The molecule has 0 spiro atoms. The summed E-state index contributed by atoms with van der Waals surface area (Å²) in [6, 6.07) is 9.17. The Balaban J connectivity index is 1.84. The largest absolute Gasteiger partial charge is 0.337 e. The average Bonchev–Trinajstić information content (AvgIpc) is 2.48. The van der Waals surface area contributed by atoms with Crippen molar-refractivity contribution in [1.29, 1.82) is 0 Å². The van der Waals surface area contributed by atoms with Gasteiger partial charge in [0.2, 0.25) is 5.91 Å². The highest BCUT2D eigenvalue weighted by Gasteiger charge is 2.34. The van der Waals surface area contributed by atoms with Crippen molar-refractivity contribution in [2.75, 3.05) is 13.1 Å². The maximum atomic E-state index is 13.0. The van der Waals surface area contributed by atoms with Gasteiger partial charge in [0, 0.05) is 25.2 Å². The Labute approximate surface area is 121 Å². The molecular formula is C17H24N2O. The van der Waals surface area contributed by atoms with Crippen LogP contribution in [0.15, 0.2) is 24.3 Å². The minimum Gasteiger partial charge on any atom is -0.337 e. The van der Waals surface area contributed by atoms with Gasteiger partial charge in [0.05, 0.1) is 5.92 Å². The summed E-state index contributed by atoms with van der Waals surface area (Å²) in [7, 11) is 0. The van der Waals surface area contributed by atoms with E-state index in [1.54, 1.807) is 0 Å². The zero-order valence-corrected chi connectivity index (χ0v) is 12.4. The minimum absolute atomic E-state index is 0.0766. The van der Waals surface area contributed by atoms with Crippen LogP contribution < -0.4 is 5.32 Å². The first kappa shape index (κ1) is 13.6. The van der Waals surface area contributed by atoms with Crippen LogP contribution in [0.5, 0.6) is 0 Å². The predicted molar refractivity (Wildman–Crippen MR) is 80.8 cm³/mol. The van der Waals surface area contributed by atoms with E-state index in [1.165, 1.54) is 11.1 Å². The lowest BCUT2D eigenvalue weighted by Crippen LogP contribution is -2.57. The first-order chi connectivity index (χ1) is 9.66. The summed E-state index contributed by atoms with van der Waals surface area (Å²) >= 11 is 0. The van der Waals surface area contributed by atoms with E-state index >= 15 is 0 Å². The fourth-order valence-electron chi connectivity index (χ4n) is 3.54. The number of piperazine rings is 1. The predicted octanol–water partition coefficient (Wildman–Crippen LogP) is 2.32. The third kappa shape index (κ3) is 2.47. The number of nitrogens with zero attached hydrogens (tertiary/aromatic N) is 1.